The molecule has 1 aliphatic heterocycles. The molecule has 0 unspecified atom stereocenters. The fraction of sp³-hybridized carbons (Fsp3) is 0.100. The summed E-state index contributed by atoms with van der Waals surface area (Å²) in [5.41, 5.74) is 11.4. The Labute approximate surface area is 384 Å². The first-order chi connectivity index (χ1) is 31.5. The second kappa shape index (κ2) is 15.8. The zero-order valence-electron chi connectivity index (χ0n) is 37.9. The molecule has 5 heteroatoms. The Morgan fingerprint density at radius 3 is 1.32 bits per heavy atom. The summed E-state index contributed by atoms with van der Waals surface area (Å²) in [5, 5.41) is 10.2. The van der Waals surface area contributed by atoms with E-state index in [9.17, 15) is 0 Å². The fourth-order valence-electron chi connectivity index (χ4n) is 9.70. The molecular formula is C60H52N2OSi2. The first-order valence-electron chi connectivity index (χ1n) is 22.7. The van der Waals surface area contributed by atoms with Crippen LogP contribution in [0.4, 0.5) is 34.1 Å². The van der Waals surface area contributed by atoms with Gasteiger partial charge in [0.05, 0.1) is 16.1 Å². The molecule has 0 bridgehead atoms. The molecule has 0 aliphatic carbocycles. The van der Waals surface area contributed by atoms with E-state index in [0.717, 1.165) is 56.6 Å². The van der Waals surface area contributed by atoms with Crippen molar-refractivity contribution < 1.29 is 4.74 Å². The van der Waals surface area contributed by atoms with Gasteiger partial charge in [-0.2, -0.15) is 0 Å². The molecule has 0 atom stereocenters. The largest absolute Gasteiger partial charge is 0.456 e. The van der Waals surface area contributed by atoms with Crippen LogP contribution in [0.5, 0.6) is 11.5 Å². The molecule has 65 heavy (non-hydrogen) atoms. The van der Waals surface area contributed by atoms with Crippen molar-refractivity contribution in [2.24, 2.45) is 0 Å². The number of para-hydroxylation sites is 2. The summed E-state index contributed by atoms with van der Waals surface area (Å²) in [5.74, 6) is 1.74. The monoisotopic (exact) mass is 872 g/mol. The number of hydrogen-bond acceptors (Lipinski definition) is 3. The molecule has 0 aromatic heterocycles. The SMILES string of the molecule is C[Si](C)(C)c1ccc(N(c2ccccc2)c2ccc(-c3cc4c5cccc6c5c(cc4c4ccccc34)-c3ccc(N(c4ccccc4)c4ccc([Si](C)(C)C)cc4)cc3O6)cc2)cc1. The highest BCUT2D eigenvalue weighted by Gasteiger charge is 2.26. The minimum Gasteiger partial charge on any atom is -0.456 e. The lowest BCUT2D eigenvalue weighted by atomic mass is 9.86. The maximum absolute atomic E-state index is 6.93. The molecular weight excluding hydrogens is 821 g/mol. The van der Waals surface area contributed by atoms with E-state index in [0.29, 0.717) is 0 Å². The van der Waals surface area contributed by atoms with Gasteiger partial charge in [0.1, 0.15) is 11.5 Å². The number of hydrogen-bond donors (Lipinski definition) is 0. The Morgan fingerprint density at radius 1 is 0.308 bits per heavy atom. The van der Waals surface area contributed by atoms with E-state index in [4.69, 9.17) is 4.74 Å². The highest BCUT2D eigenvalue weighted by atomic mass is 28.3. The van der Waals surface area contributed by atoms with E-state index < -0.39 is 16.1 Å². The van der Waals surface area contributed by atoms with Gasteiger partial charge in [0, 0.05) is 51.1 Å². The Morgan fingerprint density at radius 2 is 0.754 bits per heavy atom. The highest BCUT2D eigenvalue weighted by Crippen LogP contribution is 2.52. The summed E-state index contributed by atoms with van der Waals surface area (Å²) in [7, 11) is -2.89. The molecule has 10 aromatic carbocycles. The topological polar surface area (TPSA) is 15.7 Å². The van der Waals surface area contributed by atoms with Crippen molar-refractivity contribution in [2.75, 3.05) is 9.80 Å². The summed E-state index contributed by atoms with van der Waals surface area (Å²) < 4.78 is 6.93. The average molecular weight is 873 g/mol. The molecule has 0 radical (unpaired) electrons. The van der Waals surface area contributed by atoms with Gasteiger partial charge in [0.15, 0.2) is 0 Å². The van der Waals surface area contributed by atoms with Gasteiger partial charge in [-0.15, -0.1) is 0 Å². The molecule has 0 spiro atoms. The smallest absolute Gasteiger partial charge is 0.137 e. The Kier molecular flexibility index (Phi) is 9.87. The molecule has 0 N–H and O–H groups in total. The number of ether oxygens (including phenoxy) is 1. The molecule has 0 fully saturated rings. The van der Waals surface area contributed by atoms with Crippen molar-refractivity contribution in [3.63, 3.8) is 0 Å². The maximum atomic E-state index is 6.93. The lowest BCUT2D eigenvalue weighted by Crippen LogP contribution is -2.37. The minimum atomic E-state index is -1.46. The predicted molar refractivity (Wildman–Crippen MR) is 285 cm³/mol. The number of fused-ring (bicyclic) bond motifs is 6. The summed E-state index contributed by atoms with van der Waals surface area (Å²) in [6, 6.07) is 75.8. The van der Waals surface area contributed by atoms with E-state index in [1.165, 1.54) is 54.0 Å². The third kappa shape index (κ3) is 7.31. The van der Waals surface area contributed by atoms with Gasteiger partial charge >= 0.3 is 0 Å². The van der Waals surface area contributed by atoms with Crippen molar-refractivity contribution in [3.05, 3.63) is 206 Å². The van der Waals surface area contributed by atoms with Crippen LogP contribution in [0.1, 0.15) is 0 Å². The van der Waals surface area contributed by atoms with Gasteiger partial charge in [0.2, 0.25) is 0 Å². The van der Waals surface area contributed by atoms with Gasteiger partial charge in [-0.1, -0.05) is 159 Å². The lowest BCUT2D eigenvalue weighted by molar-refractivity contribution is 0.487. The molecule has 1 aliphatic rings. The summed E-state index contributed by atoms with van der Waals surface area (Å²) in [4.78, 5) is 4.69. The Balaban J connectivity index is 1.02. The van der Waals surface area contributed by atoms with Crippen LogP contribution in [0.3, 0.4) is 0 Å². The zero-order valence-corrected chi connectivity index (χ0v) is 39.9. The molecule has 3 nitrogen and oxygen atoms in total. The van der Waals surface area contributed by atoms with E-state index in [-0.39, 0.29) is 0 Å². The lowest BCUT2D eigenvalue weighted by Gasteiger charge is -2.29. The van der Waals surface area contributed by atoms with Crippen LogP contribution in [-0.4, -0.2) is 16.1 Å². The first kappa shape index (κ1) is 40.6. The van der Waals surface area contributed by atoms with Crippen LogP contribution in [0.2, 0.25) is 39.3 Å². The number of benzene rings is 10. The minimum absolute atomic E-state index is 0.860. The van der Waals surface area contributed by atoms with Crippen LogP contribution >= 0.6 is 0 Å². The van der Waals surface area contributed by atoms with Crippen molar-refractivity contribution in [3.8, 4) is 33.8 Å². The molecule has 10 aromatic rings. The fourth-order valence-corrected chi connectivity index (χ4v) is 12.0. The molecule has 0 amide bonds. The Hall–Kier alpha value is -7.19. The van der Waals surface area contributed by atoms with Crippen LogP contribution in [0, 0.1) is 0 Å². The molecule has 0 saturated carbocycles. The van der Waals surface area contributed by atoms with Gasteiger partial charge in [0.25, 0.3) is 0 Å². The second-order valence-corrected chi connectivity index (χ2v) is 29.6. The molecule has 1 heterocycles. The quantitative estimate of drug-likeness (QED) is 0.106. The normalized spacial score (nSPS) is 12.3. The summed E-state index contributed by atoms with van der Waals surface area (Å²) in [6.07, 6.45) is 0. The van der Waals surface area contributed by atoms with E-state index >= 15 is 0 Å². The highest BCUT2D eigenvalue weighted by molar-refractivity contribution is 6.89. The van der Waals surface area contributed by atoms with Crippen molar-refractivity contribution in [1.29, 1.82) is 0 Å². The molecule has 0 saturated heterocycles. The van der Waals surface area contributed by atoms with E-state index in [2.05, 4.69) is 255 Å². The van der Waals surface area contributed by atoms with Gasteiger partial charge < -0.3 is 14.5 Å². The van der Waals surface area contributed by atoms with Gasteiger partial charge in [-0.05, 0) is 135 Å². The summed E-state index contributed by atoms with van der Waals surface area (Å²) in [6.45, 7) is 14.4. The third-order valence-corrected chi connectivity index (χ3v) is 17.3. The third-order valence-electron chi connectivity index (χ3n) is 13.1. The van der Waals surface area contributed by atoms with Crippen LogP contribution in [-0.2, 0) is 0 Å². The second-order valence-electron chi connectivity index (χ2n) is 19.4. The standard InChI is InChI=1S/C60H52N2OSi2/c1-64(2,3)48-33-28-45(29-34-48)61(42-16-9-7-10-17-42)44-26-24-41(25-27-44)54-39-56-53-22-15-23-58-60(53)57(40-55(56)51-21-14-13-20-50(51)54)52-37-32-47(38-59(52)63-58)62(43-18-11-8-12-19-43)46-30-35-49(36-31-46)65(4,5)6/h7-40H,1-6H3. The van der Waals surface area contributed by atoms with Crippen molar-refractivity contribution in [2.45, 2.75) is 39.3 Å². The number of nitrogens with zero attached hydrogens (tertiary/aromatic N) is 2. The average Bonchev–Trinajstić information content (AvgIpc) is 3.32. The van der Waals surface area contributed by atoms with Gasteiger partial charge in [-0.3, -0.25) is 0 Å². The van der Waals surface area contributed by atoms with Crippen LogP contribution in [0.25, 0.3) is 54.6 Å². The molecule has 316 valence electrons. The Bertz CT molecular complexity index is 3390. The van der Waals surface area contributed by atoms with Gasteiger partial charge in [-0.25, -0.2) is 0 Å². The van der Waals surface area contributed by atoms with Crippen LogP contribution < -0.4 is 24.9 Å². The number of anilines is 6. The van der Waals surface area contributed by atoms with Crippen LogP contribution in [0.15, 0.2) is 206 Å². The van der Waals surface area contributed by atoms with Crippen molar-refractivity contribution >= 4 is 93.0 Å². The van der Waals surface area contributed by atoms with Crippen molar-refractivity contribution in [1.82, 2.24) is 0 Å². The van der Waals surface area contributed by atoms with E-state index in [1.54, 1.807) is 0 Å². The maximum Gasteiger partial charge on any atom is 0.137 e. The number of rotatable bonds is 9. The molecule has 11 rings (SSSR count). The summed E-state index contributed by atoms with van der Waals surface area (Å²) >= 11 is 0. The predicted octanol–water partition coefficient (Wildman–Crippen LogP) is 16.6. The zero-order chi connectivity index (χ0) is 44.5. The first-order valence-corrected chi connectivity index (χ1v) is 29.7. The van der Waals surface area contributed by atoms with E-state index in [1.807, 2.05) is 0 Å².